The van der Waals surface area contributed by atoms with Gasteiger partial charge in [0.05, 0.1) is 13.7 Å². The molecule has 0 aromatic carbocycles. The van der Waals surface area contributed by atoms with E-state index in [4.69, 9.17) is 4.74 Å². The van der Waals surface area contributed by atoms with Crippen LogP contribution >= 0.6 is 0 Å². The highest BCUT2D eigenvalue weighted by molar-refractivity contribution is 5.75. The number of hydrogen-bond acceptors (Lipinski definition) is 6. The first-order valence-electron chi connectivity index (χ1n) is 7.06. The second-order valence-electron chi connectivity index (χ2n) is 4.82. The number of alkyl halides is 3. The van der Waals surface area contributed by atoms with Crippen LogP contribution in [0.4, 0.5) is 13.2 Å². The van der Waals surface area contributed by atoms with Gasteiger partial charge in [-0.05, 0) is 12.5 Å². The fraction of sp³-hybridized carbons (Fsp3) is 0.429. The lowest BCUT2D eigenvalue weighted by Gasteiger charge is -2.09. The molecule has 0 atom stereocenters. The van der Waals surface area contributed by atoms with Gasteiger partial charge in [0.1, 0.15) is 11.4 Å². The van der Waals surface area contributed by atoms with Crippen molar-refractivity contribution in [1.29, 1.82) is 0 Å². The Morgan fingerprint density at radius 1 is 1.42 bits per heavy atom. The quantitative estimate of drug-likeness (QED) is 0.866. The summed E-state index contributed by atoms with van der Waals surface area (Å²) < 4.78 is 46.8. The highest BCUT2D eigenvalue weighted by Gasteiger charge is 2.38. The van der Waals surface area contributed by atoms with Crippen LogP contribution in [0, 0.1) is 0 Å². The number of rotatable bonds is 6. The van der Waals surface area contributed by atoms with Crippen molar-refractivity contribution in [3.63, 3.8) is 0 Å². The number of nitrogens with zero attached hydrogens (tertiary/aromatic N) is 3. The zero-order valence-electron chi connectivity index (χ0n) is 13.0. The average molecular weight is 344 g/mol. The van der Waals surface area contributed by atoms with E-state index in [2.05, 4.69) is 25.0 Å². The largest absolute Gasteiger partial charge is 0.495 e. The number of methoxy groups -OCH3 is 1. The van der Waals surface area contributed by atoms with Gasteiger partial charge in [-0.2, -0.15) is 18.2 Å². The molecule has 24 heavy (non-hydrogen) atoms. The normalized spacial score (nSPS) is 11.4. The number of aromatic nitrogens is 3. The van der Waals surface area contributed by atoms with Crippen LogP contribution in [-0.2, 0) is 17.5 Å². The minimum atomic E-state index is -4.72. The van der Waals surface area contributed by atoms with Crippen LogP contribution in [0.3, 0.4) is 0 Å². The van der Waals surface area contributed by atoms with Gasteiger partial charge in [0.2, 0.25) is 11.7 Å². The molecule has 0 spiro atoms. The number of pyridine rings is 1. The maximum Gasteiger partial charge on any atom is 0.471 e. The van der Waals surface area contributed by atoms with Gasteiger partial charge in [0.25, 0.3) is 0 Å². The SMILES string of the molecule is CCCC(=O)NCc1ncc(-c2noc(C(F)(F)F)n2)cc1OC. The molecule has 1 amide bonds. The summed E-state index contributed by atoms with van der Waals surface area (Å²) in [6.45, 7) is 2.02. The van der Waals surface area contributed by atoms with Crippen LogP contribution in [0.25, 0.3) is 11.4 Å². The van der Waals surface area contributed by atoms with Crippen molar-refractivity contribution in [3.8, 4) is 17.1 Å². The third-order valence-corrected chi connectivity index (χ3v) is 3.01. The number of carbonyl (C=O) groups excluding carboxylic acids is 1. The number of hydrogen-bond donors (Lipinski definition) is 1. The maximum atomic E-state index is 12.5. The van der Waals surface area contributed by atoms with E-state index in [1.807, 2.05) is 6.92 Å². The molecule has 1 N–H and O–H groups in total. The minimum absolute atomic E-state index is 0.126. The zero-order chi connectivity index (χ0) is 17.7. The van der Waals surface area contributed by atoms with E-state index in [9.17, 15) is 18.0 Å². The molecule has 0 radical (unpaired) electrons. The second kappa shape index (κ2) is 7.28. The number of carbonyl (C=O) groups is 1. The Balaban J connectivity index is 2.19. The third kappa shape index (κ3) is 4.21. The van der Waals surface area contributed by atoms with E-state index in [1.54, 1.807) is 0 Å². The average Bonchev–Trinajstić information content (AvgIpc) is 3.03. The molecule has 0 aliphatic carbocycles. The Morgan fingerprint density at radius 2 is 2.17 bits per heavy atom. The molecule has 2 rings (SSSR count). The van der Waals surface area contributed by atoms with Gasteiger partial charge in [-0.15, -0.1) is 0 Å². The van der Waals surface area contributed by atoms with Gasteiger partial charge < -0.3 is 14.6 Å². The molecule has 0 fully saturated rings. The molecule has 0 saturated carbocycles. The van der Waals surface area contributed by atoms with Crippen molar-refractivity contribution in [1.82, 2.24) is 20.4 Å². The molecule has 0 saturated heterocycles. The maximum absolute atomic E-state index is 12.5. The van der Waals surface area contributed by atoms with E-state index < -0.39 is 12.1 Å². The Morgan fingerprint density at radius 3 is 2.75 bits per heavy atom. The van der Waals surface area contributed by atoms with E-state index in [-0.39, 0.29) is 23.8 Å². The molecule has 2 aromatic heterocycles. The molecule has 0 aliphatic heterocycles. The van der Waals surface area contributed by atoms with E-state index in [1.165, 1.54) is 19.4 Å². The first-order valence-corrected chi connectivity index (χ1v) is 7.06. The molecular formula is C14H15F3N4O3. The minimum Gasteiger partial charge on any atom is -0.495 e. The Hall–Kier alpha value is -2.65. The lowest BCUT2D eigenvalue weighted by Crippen LogP contribution is -2.23. The summed E-state index contributed by atoms with van der Waals surface area (Å²) in [4.78, 5) is 18.9. The van der Waals surface area contributed by atoms with Crippen LogP contribution < -0.4 is 10.1 Å². The van der Waals surface area contributed by atoms with Crippen LogP contribution in [-0.4, -0.2) is 28.1 Å². The lowest BCUT2D eigenvalue weighted by atomic mass is 10.2. The number of amides is 1. The van der Waals surface area contributed by atoms with Gasteiger partial charge in [-0.3, -0.25) is 9.78 Å². The summed E-state index contributed by atoms with van der Waals surface area (Å²) in [7, 11) is 1.38. The highest BCUT2D eigenvalue weighted by atomic mass is 19.4. The van der Waals surface area contributed by atoms with Crippen LogP contribution in [0.15, 0.2) is 16.8 Å². The molecule has 0 aliphatic rings. The molecule has 0 bridgehead atoms. The zero-order valence-corrected chi connectivity index (χ0v) is 13.0. The molecule has 7 nitrogen and oxygen atoms in total. The van der Waals surface area contributed by atoms with Gasteiger partial charge in [-0.1, -0.05) is 12.1 Å². The topological polar surface area (TPSA) is 90.1 Å². The summed E-state index contributed by atoms with van der Waals surface area (Å²) in [6, 6.07) is 1.43. The smallest absolute Gasteiger partial charge is 0.471 e. The molecule has 130 valence electrons. The van der Waals surface area contributed by atoms with Gasteiger partial charge in [0, 0.05) is 18.2 Å². The van der Waals surface area contributed by atoms with Gasteiger partial charge in [0.15, 0.2) is 0 Å². The predicted octanol–water partition coefficient (Wildman–Crippen LogP) is 2.58. The molecule has 2 aromatic rings. The standard InChI is InChI=1S/C14H15F3N4O3/c1-3-4-11(22)19-7-9-10(23-2)5-8(6-18-9)12-20-13(24-21-12)14(15,16)17/h5-6H,3-4,7H2,1-2H3,(H,19,22). The van der Waals surface area contributed by atoms with E-state index >= 15 is 0 Å². The molecule has 0 unspecified atom stereocenters. The second-order valence-corrected chi connectivity index (χ2v) is 4.82. The third-order valence-electron chi connectivity index (χ3n) is 3.01. The summed E-state index contributed by atoms with van der Waals surface area (Å²) >= 11 is 0. The van der Waals surface area contributed by atoms with Crippen molar-refractivity contribution >= 4 is 5.91 Å². The van der Waals surface area contributed by atoms with Crippen molar-refractivity contribution < 1.29 is 27.2 Å². The monoisotopic (exact) mass is 344 g/mol. The molecular weight excluding hydrogens is 329 g/mol. The van der Waals surface area contributed by atoms with Crippen LogP contribution in [0.1, 0.15) is 31.4 Å². The number of ether oxygens (including phenoxy) is 1. The first kappa shape index (κ1) is 17.7. The van der Waals surface area contributed by atoms with Crippen molar-refractivity contribution in [2.75, 3.05) is 7.11 Å². The molecule has 2 heterocycles. The number of halogens is 3. The van der Waals surface area contributed by atoms with Crippen molar-refractivity contribution in [2.24, 2.45) is 0 Å². The van der Waals surface area contributed by atoms with Crippen LogP contribution in [0.2, 0.25) is 0 Å². The summed E-state index contributed by atoms with van der Waals surface area (Å²) in [5.74, 6) is -1.52. The fourth-order valence-electron chi connectivity index (χ4n) is 1.86. The molecule has 10 heteroatoms. The highest BCUT2D eigenvalue weighted by Crippen LogP contribution is 2.30. The van der Waals surface area contributed by atoms with Gasteiger partial charge >= 0.3 is 12.1 Å². The first-order chi connectivity index (χ1) is 11.3. The lowest BCUT2D eigenvalue weighted by molar-refractivity contribution is -0.159. The van der Waals surface area contributed by atoms with Crippen molar-refractivity contribution in [3.05, 3.63) is 23.8 Å². The van der Waals surface area contributed by atoms with Crippen LogP contribution in [0.5, 0.6) is 5.75 Å². The Kier molecular flexibility index (Phi) is 5.37. The van der Waals surface area contributed by atoms with E-state index in [0.717, 1.165) is 0 Å². The van der Waals surface area contributed by atoms with Gasteiger partial charge in [-0.25, -0.2) is 0 Å². The Bertz CT molecular complexity index is 716. The summed E-state index contributed by atoms with van der Waals surface area (Å²) in [6.07, 6.45) is -2.32. The number of nitrogens with one attached hydrogen (secondary N) is 1. The predicted molar refractivity (Wildman–Crippen MR) is 75.8 cm³/mol. The Labute approximate surface area is 135 Å². The van der Waals surface area contributed by atoms with Crippen molar-refractivity contribution in [2.45, 2.75) is 32.5 Å². The fourth-order valence-corrected chi connectivity index (χ4v) is 1.86. The summed E-state index contributed by atoms with van der Waals surface area (Å²) in [5.41, 5.74) is 0.639. The summed E-state index contributed by atoms with van der Waals surface area (Å²) in [5, 5.41) is 5.96. The van der Waals surface area contributed by atoms with E-state index in [0.29, 0.717) is 24.3 Å².